The fourth-order valence-electron chi connectivity index (χ4n) is 2.37. The molecule has 0 radical (unpaired) electrons. The fourth-order valence-corrected chi connectivity index (χ4v) is 2.37. The number of hydrogen-bond donors (Lipinski definition) is 1. The predicted octanol–water partition coefficient (Wildman–Crippen LogP) is 2.49. The summed E-state index contributed by atoms with van der Waals surface area (Å²) in [6.07, 6.45) is 0.749. The highest BCUT2D eigenvalue weighted by atomic mass is 19.4. The van der Waals surface area contributed by atoms with Crippen LogP contribution in [0, 0.1) is 0 Å². The van der Waals surface area contributed by atoms with Gasteiger partial charge in [0.15, 0.2) is 5.96 Å². The largest absolute Gasteiger partial charge is 0.403 e. The number of piperazine rings is 1. The van der Waals surface area contributed by atoms with Gasteiger partial charge in [0, 0.05) is 39.3 Å². The summed E-state index contributed by atoms with van der Waals surface area (Å²) in [7, 11) is 0. The number of rotatable bonds is 5. The van der Waals surface area contributed by atoms with Gasteiger partial charge >= 0.3 is 6.18 Å². The summed E-state index contributed by atoms with van der Waals surface area (Å²) in [4.78, 5) is 8.06. The van der Waals surface area contributed by atoms with Gasteiger partial charge in [-0.3, -0.25) is 9.89 Å². The monoisotopic (exact) mass is 320 g/mol. The normalized spacial score (nSPS) is 19.7. The molecule has 0 aliphatic carbocycles. The molecule has 4 nitrogen and oxygen atoms in total. The van der Waals surface area contributed by atoms with Crippen molar-refractivity contribution in [2.24, 2.45) is 4.99 Å². The van der Waals surface area contributed by atoms with Crippen molar-refractivity contribution in [2.75, 3.05) is 39.3 Å². The Hall–Kier alpha value is -1.24. The van der Waals surface area contributed by atoms with E-state index in [4.69, 9.17) is 0 Å². The van der Waals surface area contributed by atoms with E-state index in [2.05, 4.69) is 16.4 Å². The standard InChI is InChI=1S/C15H27F3N4/c1-4-6-7-8-20-14(19-5-2)22-11-9-21(10-12-22)13(3)15(16,17)18/h4,6,13H,5,7-12H2,1-3H3,(H,19,20)/b6-4+. The molecule has 22 heavy (non-hydrogen) atoms. The molecule has 1 saturated heterocycles. The predicted molar refractivity (Wildman–Crippen MR) is 84.1 cm³/mol. The maximum absolute atomic E-state index is 12.8. The molecule has 0 saturated carbocycles. The third-order valence-electron chi connectivity index (χ3n) is 3.76. The first kappa shape index (κ1) is 18.8. The van der Waals surface area contributed by atoms with E-state index in [1.165, 1.54) is 11.8 Å². The number of nitrogens with one attached hydrogen (secondary N) is 1. The first-order chi connectivity index (χ1) is 10.4. The summed E-state index contributed by atoms with van der Waals surface area (Å²) < 4.78 is 38.3. The van der Waals surface area contributed by atoms with Crippen LogP contribution in [0.2, 0.25) is 0 Å². The maximum atomic E-state index is 12.8. The van der Waals surface area contributed by atoms with E-state index in [1.807, 2.05) is 24.8 Å². The van der Waals surface area contributed by atoms with Crippen molar-refractivity contribution in [3.05, 3.63) is 12.2 Å². The molecule has 1 N–H and O–H groups in total. The Morgan fingerprint density at radius 1 is 1.27 bits per heavy atom. The topological polar surface area (TPSA) is 30.9 Å². The van der Waals surface area contributed by atoms with Crippen LogP contribution in [0.5, 0.6) is 0 Å². The Kier molecular flexibility index (Phi) is 7.72. The van der Waals surface area contributed by atoms with Crippen molar-refractivity contribution in [3.63, 3.8) is 0 Å². The van der Waals surface area contributed by atoms with E-state index in [-0.39, 0.29) is 0 Å². The molecule has 1 heterocycles. The SMILES string of the molecule is C/C=C/CCN=C(NCC)N1CCN(C(C)C(F)(F)F)CC1. The van der Waals surface area contributed by atoms with Gasteiger partial charge < -0.3 is 10.2 Å². The molecule has 1 atom stereocenters. The first-order valence-corrected chi connectivity index (χ1v) is 7.85. The summed E-state index contributed by atoms with van der Waals surface area (Å²) in [5.41, 5.74) is 0. The van der Waals surface area contributed by atoms with Crippen LogP contribution < -0.4 is 5.32 Å². The molecule has 0 aromatic heterocycles. The molecular formula is C15H27F3N4. The lowest BCUT2D eigenvalue weighted by Gasteiger charge is -2.39. The van der Waals surface area contributed by atoms with Gasteiger partial charge in [0.1, 0.15) is 6.04 Å². The molecule has 1 aliphatic rings. The average molecular weight is 320 g/mol. The summed E-state index contributed by atoms with van der Waals surface area (Å²) in [5, 5.41) is 3.21. The second-order valence-electron chi connectivity index (χ2n) is 5.33. The number of halogens is 3. The van der Waals surface area contributed by atoms with Gasteiger partial charge in [0.25, 0.3) is 0 Å². The molecular weight excluding hydrogens is 293 g/mol. The van der Waals surface area contributed by atoms with Gasteiger partial charge in [-0.25, -0.2) is 0 Å². The highest BCUT2D eigenvalue weighted by molar-refractivity contribution is 5.80. The van der Waals surface area contributed by atoms with E-state index in [0.717, 1.165) is 18.9 Å². The Labute approximate surface area is 131 Å². The Morgan fingerprint density at radius 2 is 1.91 bits per heavy atom. The molecule has 1 fully saturated rings. The van der Waals surface area contributed by atoms with E-state index in [9.17, 15) is 13.2 Å². The lowest BCUT2D eigenvalue weighted by atomic mass is 10.2. The minimum atomic E-state index is -4.16. The molecule has 1 unspecified atom stereocenters. The third kappa shape index (κ3) is 5.87. The van der Waals surface area contributed by atoms with Crippen molar-refractivity contribution < 1.29 is 13.2 Å². The smallest absolute Gasteiger partial charge is 0.357 e. The van der Waals surface area contributed by atoms with Crippen LogP contribution in [0.25, 0.3) is 0 Å². The van der Waals surface area contributed by atoms with Crippen LogP contribution >= 0.6 is 0 Å². The zero-order valence-electron chi connectivity index (χ0n) is 13.7. The second kappa shape index (κ2) is 9.02. The molecule has 128 valence electrons. The van der Waals surface area contributed by atoms with Crippen LogP contribution in [0.4, 0.5) is 13.2 Å². The Morgan fingerprint density at radius 3 is 2.41 bits per heavy atom. The number of hydrogen-bond acceptors (Lipinski definition) is 2. The van der Waals surface area contributed by atoms with E-state index in [1.54, 1.807) is 0 Å². The lowest BCUT2D eigenvalue weighted by Crippen LogP contribution is -2.56. The van der Waals surface area contributed by atoms with E-state index < -0.39 is 12.2 Å². The molecule has 0 aromatic rings. The molecule has 1 rings (SSSR count). The summed E-state index contributed by atoms with van der Waals surface area (Å²) in [6, 6.07) is -1.39. The van der Waals surface area contributed by atoms with Crippen LogP contribution in [-0.4, -0.2) is 67.2 Å². The summed E-state index contributed by atoms with van der Waals surface area (Å²) in [5.74, 6) is 0.798. The Balaban J connectivity index is 2.55. The highest BCUT2D eigenvalue weighted by Gasteiger charge is 2.40. The zero-order chi connectivity index (χ0) is 16.6. The van der Waals surface area contributed by atoms with Crippen LogP contribution in [-0.2, 0) is 0 Å². The summed E-state index contributed by atoms with van der Waals surface area (Å²) >= 11 is 0. The quantitative estimate of drug-likeness (QED) is 0.365. The fraction of sp³-hybridized carbons (Fsp3) is 0.800. The summed E-state index contributed by atoms with van der Waals surface area (Å²) in [6.45, 7) is 8.56. The van der Waals surface area contributed by atoms with E-state index >= 15 is 0 Å². The van der Waals surface area contributed by atoms with Crippen LogP contribution in [0.1, 0.15) is 27.2 Å². The minimum Gasteiger partial charge on any atom is -0.357 e. The molecule has 0 aromatic carbocycles. The Bertz CT molecular complexity index is 371. The maximum Gasteiger partial charge on any atom is 0.403 e. The lowest BCUT2D eigenvalue weighted by molar-refractivity contribution is -0.181. The van der Waals surface area contributed by atoms with Gasteiger partial charge in [-0.2, -0.15) is 13.2 Å². The van der Waals surface area contributed by atoms with Crippen molar-refractivity contribution in [3.8, 4) is 0 Å². The van der Waals surface area contributed by atoms with E-state index in [0.29, 0.717) is 32.7 Å². The van der Waals surface area contributed by atoms with Crippen LogP contribution in [0.3, 0.4) is 0 Å². The van der Waals surface area contributed by atoms with Crippen LogP contribution in [0.15, 0.2) is 17.1 Å². The van der Waals surface area contributed by atoms with Gasteiger partial charge in [0.2, 0.25) is 0 Å². The van der Waals surface area contributed by atoms with Gasteiger partial charge in [-0.1, -0.05) is 12.2 Å². The highest BCUT2D eigenvalue weighted by Crippen LogP contribution is 2.25. The third-order valence-corrected chi connectivity index (χ3v) is 3.76. The van der Waals surface area contributed by atoms with Crippen molar-refractivity contribution in [1.29, 1.82) is 0 Å². The molecule has 0 amide bonds. The second-order valence-corrected chi connectivity index (χ2v) is 5.33. The molecule has 7 heteroatoms. The van der Waals surface area contributed by atoms with Gasteiger partial charge in [-0.05, 0) is 27.2 Å². The molecule has 0 bridgehead atoms. The number of alkyl halides is 3. The minimum absolute atomic E-state index is 0.403. The zero-order valence-corrected chi connectivity index (χ0v) is 13.7. The molecule has 1 aliphatic heterocycles. The van der Waals surface area contributed by atoms with Crippen molar-refractivity contribution in [1.82, 2.24) is 15.1 Å². The first-order valence-electron chi connectivity index (χ1n) is 7.85. The number of nitrogens with zero attached hydrogens (tertiary/aromatic N) is 3. The molecule has 0 spiro atoms. The van der Waals surface area contributed by atoms with Gasteiger partial charge in [0.05, 0.1) is 0 Å². The number of allylic oxidation sites excluding steroid dienone is 1. The van der Waals surface area contributed by atoms with Crippen molar-refractivity contribution in [2.45, 2.75) is 39.4 Å². The average Bonchev–Trinajstić information content (AvgIpc) is 2.49. The van der Waals surface area contributed by atoms with Crippen molar-refractivity contribution >= 4 is 5.96 Å². The van der Waals surface area contributed by atoms with Gasteiger partial charge in [-0.15, -0.1) is 0 Å². The number of aliphatic imine (C=N–C) groups is 1. The number of guanidine groups is 1.